The summed E-state index contributed by atoms with van der Waals surface area (Å²) in [5, 5.41) is 9.61. The van der Waals surface area contributed by atoms with Crippen LogP contribution < -0.4 is 0 Å². The van der Waals surface area contributed by atoms with Crippen molar-refractivity contribution in [2.45, 2.75) is 26.1 Å². The minimum Gasteiger partial charge on any atom is -0.396 e. The van der Waals surface area contributed by atoms with Crippen molar-refractivity contribution in [3.05, 3.63) is 0 Å². The number of aliphatic hydroxyl groups is 1. The summed E-state index contributed by atoms with van der Waals surface area (Å²) < 4.78 is 5.77. The molecule has 0 aliphatic carbocycles. The number of hydrogen-bond acceptors (Lipinski definition) is 5. The Morgan fingerprint density at radius 3 is 2.38 bits per heavy atom. The molecule has 21 heavy (non-hydrogen) atoms. The maximum absolute atomic E-state index is 12.0. The average Bonchev–Trinajstić information content (AvgIpc) is 2.81. The van der Waals surface area contributed by atoms with Crippen LogP contribution in [-0.4, -0.2) is 84.4 Å². The van der Waals surface area contributed by atoms with Crippen LogP contribution >= 0.6 is 11.8 Å². The highest BCUT2D eigenvalue weighted by Crippen LogP contribution is 2.26. The SMILES string of the molecule is CSCC(=O)N1CC(CO)C(CN2CC(C)OC(C)C2)C1. The van der Waals surface area contributed by atoms with Crippen molar-refractivity contribution in [2.75, 3.05) is 51.3 Å². The summed E-state index contributed by atoms with van der Waals surface area (Å²) in [6.07, 6.45) is 2.47. The highest BCUT2D eigenvalue weighted by atomic mass is 32.2. The van der Waals surface area contributed by atoms with Crippen molar-refractivity contribution in [3.63, 3.8) is 0 Å². The largest absolute Gasteiger partial charge is 0.396 e. The van der Waals surface area contributed by atoms with Crippen molar-refractivity contribution < 1.29 is 14.6 Å². The smallest absolute Gasteiger partial charge is 0.232 e. The molecule has 0 spiro atoms. The van der Waals surface area contributed by atoms with Crippen LogP contribution in [-0.2, 0) is 9.53 Å². The first-order valence-corrected chi connectivity index (χ1v) is 9.18. The number of thioether (sulfide) groups is 1. The van der Waals surface area contributed by atoms with Crippen LogP contribution in [0.1, 0.15) is 13.8 Å². The van der Waals surface area contributed by atoms with Gasteiger partial charge in [0, 0.05) is 45.2 Å². The maximum Gasteiger partial charge on any atom is 0.232 e. The van der Waals surface area contributed by atoms with Gasteiger partial charge in [-0.2, -0.15) is 11.8 Å². The van der Waals surface area contributed by atoms with Crippen molar-refractivity contribution in [1.82, 2.24) is 9.80 Å². The molecule has 4 atom stereocenters. The maximum atomic E-state index is 12.0. The van der Waals surface area contributed by atoms with Gasteiger partial charge in [-0.1, -0.05) is 0 Å². The Labute approximate surface area is 132 Å². The van der Waals surface area contributed by atoms with E-state index in [1.165, 1.54) is 0 Å². The number of carbonyl (C=O) groups is 1. The summed E-state index contributed by atoms with van der Waals surface area (Å²) in [5.74, 6) is 1.32. The van der Waals surface area contributed by atoms with Crippen molar-refractivity contribution in [2.24, 2.45) is 11.8 Å². The first-order chi connectivity index (χ1) is 10.0. The van der Waals surface area contributed by atoms with Gasteiger partial charge in [-0.15, -0.1) is 0 Å². The zero-order chi connectivity index (χ0) is 15.4. The van der Waals surface area contributed by atoms with E-state index in [-0.39, 0.29) is 30.6 Å². The van der Waals surface area contributed by atoms with E-state index in [1.54, 1.807) is 11.8 Å². The number of likely N-dealkylation sites (tertiary alicyclic amines) is 1. The normalized spacial score (nSPS) is 34.4. The first-order valence-electron chi connectivity index (χ1n) is 7.78. The van der Waals surface area contributed by atoms with Crippen LogP contribution in [0.3, 0.4) is 0 Å². The molecule has 0 bridgehead atoms. The number of aliphatic hydroxyl groups excluding tert-OH is 1. The molecule has 0 aromatic heterocycles. The highest BCUT2D eigenvalue weighted by molar-refractivity contribution is 7.99. The lowest BCUT2D eigenvalue weighted by Crippen LogP contribution is -2.48. The summed E-state index contributed by atoms with van der Waals surface area (Å²) in [5.41, 5.74) is 0. The van der Waals surface area contributed by atoms with Gasteiger partial charge in [-0.05, 0) is 26.0 Å². The molecule has 1 amide bonds. The molecule has 0 radical (unpaired) electrons. The van der Waals surface area contributed by atoms with Crippen LogP contribution in [0.4, 0.5) is 0 Å². The van der Waals surface area contributed by atoms with Crippen molar-refractivity contribution in [3.8, 4) is 0 Å². The molecule has 2 aliphatic heterocycles. The summed E-state index contributed by atoms with van der Waals surface area (Å²) in [4.78, 5) is 16.4. The molecule has 2 saturated heterocycles. The number of morpholine rings is 1. The number of hydrogen-bond donors (Lipinski definition) is 1. The Balaban J connectivity index is 1.90. The predicted octanol–water partition coefficient (Wildman–Crippen LogP) is 0.526. The first kappa shape index (κ1) is 17.1. The van der Waals surface area contributed by atoms with E-state index in [4.69, 9.17) is 4.74 Å². The fourth-order valence-electron chi connectivity index (χ4n) is 3.54. The van der Waals surface area contributed by atoms with Crippen LogP contribution in [0.2, 0.25) is 0 Å². The van der Waals surface area contributed by atoms with Crippen molar-refractivity contribution >= 4 is 17.7 Å². The fraction of sp³-hybridized carbons (Fsp3) is 0.933. The zero-order valence-electron chi connectivity index (χ0n) is 13.3. The fourth-order valence-corrected chi connectivity index (χ4v) is 3.97. The van der Waals surface area contributed by atoms with E-state index < -0.39 is 0 Å². The average molecular weight is 316 g/mol. The number of amides is 1. The second-order valence-corrected chi connectivity index (χ2v) is 7.28. The molecule has 4 unspecified atom stereocenters. The summed E-state index contributed by atoms with van der Waals surface area (Å²) in [6, 6.07) is 0. The second-order valence-electron chi connectivity index (χ2n) is 6.41. The Morgan fingerprint density at radius 2 is 1.81 bits per heavy atom. The lowest BCUT2D eigenvalue weighted by Gasteiger charge is -2.37. The number of rotatable bonds is 5. The van der Waals surface area contributed by atoms with Gasteiger partial charge in [0.05, 0.1) is 18.0 Å². The van der Waals surface area contributed by atoms with Crippen molar-refractivity contribution in [1.29, 1.82) is 0 Å². The molecule has 1 N–H and O–H groups in total. The molecule has 0 saturated carbocycles. The van der Waals surface area contributed by atoms with Gasteiger partial charge in [0.25, 0.3) is 0 Å². The van der Waals surface area contributed by atoms with Gasteiger partial charge in [-0.3, -0.25) is 9.69 Å². The highest BCUT2D eigenvalue weighted by Gasteiger charge is 2.36. The molecule has 0 aromatic carbocycles. The third-order valence-electron chi connectivity index (χ3n) is 4.42. The van der Waals surface area contributed by atoms with E-state index >= 15 is 0 Å². The third kappa shape index (κ3) is 4.58. The van der Waals surface area contributed by atoms with Gasteiger partial charge in [-0.25, -0.2) is 0 Å². The Bertz CT molecular complexity index is 346. The molecule has 6 heteroatoms. The molecule has 2 aliphatic rings. The molecule has 2 heterocycles. The summed E-state index contributed by atoms with van der Waals surface area (Å²) in [7, 11) is 0. The minimum atomic E-state index is 0.170. The van der Waals surface area contributed by atoms with Gasteiger partial charge >= 0.3 is 0 Å². The van der Waals surface area contributed by atoms with E-state index in [9.17, 15) is 9.90 Å². The second kappa shape index (κ2) is 7.81. The molecule has 2 rings (SSSR count). The quantitative estimate of drug-likeness (QED) is 0.802. The minimum absolute atomic E-state index is 0.170. The Hall–Kier alpha value is -0.300. The summed E-state index contributed by atoms with van der Waals surface area (Å²) >= 11 is 1.56. The van der Waals surface area contributed by atoms with Gasteiger partial charge in [0.2, 0.25) is 5.91 Å². The molecular formula is C15H28N2O3S. The molecule has 2 fully saturated rings. The predicted molar refractivity (Wildman–Crippen MR) is 85.5 cm³/mol. The molecule has 0 aromatic rings. The lowest BCUT2D eigenvalue weighted by molar-refractivity contribution is -0.127. The topological polar surface area (TPSA) is 53.0 Å². The number of ether oxygens (including phenoxy) is 1. The summed E-state index contributed by atoms with van der Waals surface area (Å²) in [6.45, 7) is 8.70. The molecular weight excluding hydrogens is 288 g/mol. The molecule has 122 valence electrons. The van der Waals surface area contributed by atoms with Crippen LogP contribution in [0.15, 0.2) is 0 Å². The Kier molecular flexibility index (Phi) is 6.34. The van der Waals surface area contributed by atoms with Gasteiger partial charge in [0.15, 0.2) is 0 Å². The van der Waals surface area contributed by atoms with Gasteiger partial charge < -0.3 is 14.7 Å². The van der Waals surface area contributed by atoms with Gasteiger partial charge in [0.1, 0.15) is 0 Å². The number of nitrogens with zero attached hydrogens (tertiary/aromatic N) is 2. The van der Waals surface area contributed by atoms with Crippen LogP contribution in [0.5, 0.6) is 0 Å². The lowest BCUT2D eigenvalue weighted by atomic mass is 9.96. The van der Waals surface area contributed by atoms with Crippen LogP contribution in [0, 0.1) is 11.8 Å². The third-order valence-corrected chi connectivity index (χ3v) is 4.96. The number of carbonyl (C=O) groups excluding carboxylic acids is 1. The van der Waals surface area contributed by atoms with E-state index in [2.05, 4.69) is 18.7 Å². The molecule has 5 nitrogen and oxygen atoms in total. The Morgan fingerprint density at radius 1 is 1.19 bits per heavy atom. The van der Waals surface area contributed by atoms with Crippen LogP contribution in [0.25, 0.3) is 0 Å². The van der Waals surface area contributed by atoms with E-state index in [1.807, 2.05) is 11.2 Å². The monoisotopic (exact) mass is 316 g/mol. The van der Waals surface area contributed by atoms with E-state index in [0.717, 1.165) is 26.2 Å². The standard InChI is InChI=1S/C15H28N2O3S/c1-11-4-16(5-12(2)20-11)6-13-7-17(8-14(13)9-18)15(19)10-21-3/h11-14,18H,4-10H2,1-3H3. The van der Waals surface area contributed by atoms with E-state index in [0.29, 0.717) is 18.2 Å². The zero-order valence-corrected chi connectivity index (χ0v) is 14.1.